The van der Waals surface area contributed by atoms with E-state index in [1.807, 2.05) is 0 Å². The summed E-state index contributed by atoms with van der Waals surface area (Å²) in [7, 11) is 1.39. The second kappa shape index (κ2) is 5.17. The number of piperidine rings is 1. The first-order valence-corrected chi connectivity index (χ1v) is 8.52. The van der Waals surface area contributed by atoms with Crippen molar-refractivity contribution >= 4 is 12.3 Å². The summed E-state index contributed by atoms with van der Waals surface area (Å²) in [6.45, 7) is 0.817. The molecule has 0 N–H and O–H groups in total. The first-order valence-electron chi connectivity index (χ1n) is 8.52. The largest absolute Gasteiger partial charge is 0.469 e. The third kappa shape index (κ3) is 1.76. The summed E-state index contributed by atoms with van der Waals surface area (Å²) in [5.74, 6) is 0.128. The van der Waals surface area contributed by atoms with Gasteiger partial charge < -0.3 is 9.53 Å². The molecule has 122 valence electrons. The van der Waals surface area contributed by atoms with Gasteiger partial charge in [0.1, 0.15) is 12.3 Å². The van der Waals surface area contributed by atoms with Crippen LogP contribution >= 0.6 is 0 Å². The van der Waals surface area contributed by atoms with Gasteiger partial charge in [-0.1, -0.05) is 12.2 Å². The number of nitriles is 1. The third-order valence-corrected chi connectivity index (χ3v) is 6.89. The summed E-state index contributed by atoms with van der Waals surface area (Å²) in [6.07, 6.45) is 9.08. The molecule has 4 bridgehead atoms. The average Bonchev–Trinajstić information content (AvgIpc) is 2.86. The molecular formula is C18H22N2O3. The molecule has 4 aliphatic rings. The molecule has 4 rings (SSSR count). The molecule has 5 nitrogen and oxygen atoms in total. The van der Waals surface area contributed by atoms with E-state index in [-0.39, 0.29) is 17.9 Å². The van der Waals surface area contributed by atoms with Crippen LogP contribution in [-0.4, -0.2) is 42.9 Å². The van der Waals surface area contributed by atoms with E-state index in [9.17, 15) is 14.9 Å². The highest BCUT2D eigenvalue weighted by atomic mass is 16.5. The zero-order chi connectivity index (χ0) is 16.2. The van der Waals surface area contributed by atoms with Crippen LogP contribution in [0.4, 0.5) is 0 Å². The fourth-order valence-corrected chi connectivity index (χ4v) is 6.13. The summed E-state index contributed by atoms with van der Waals surface area (Å²) in [5.41, 5.74) is -0.434. The second-order valence-electron chi connectivity index (χ2n) is 7.51. The number of hydrogen-bond acceptors (Lipinski definition) is 5. The Hall–Kier alpha value is -1.67. The van der Waals surface area contributed by atoms with E-state index >= 15 is 0 Å². The monoisotopic (exact) mass is 314 g/mol. The lowest BCUT2D eigenvalue weighted by molar-refractivity contribution is -0.149. The second-order valence-corrected chi connectivity index (χ2v) is 7.51. The number of rotatable bonds is 2. The summed E-state index contributed by atoms with van der Waals surface area (Å²) >= 11 is 0. The van der Waals surface area contributed by atoms with Crippen LogP contribution in [0, 0.1) is 40.4 Å². The van der Waals surface area contributed by atoms with Gasteiger partial charge >= 0.3 is 5.97 Å². The molecule has 0 amide bonds. The molecule has 0 unspecified atom stereocenters. The maximum absolute atomic E-state index is 12.4. The van der Waals surface area contributed by atoms with Gasteiger partial charge in [-0.25, -0.2) is 0 Å². The fourth-order valence-electron chi connectivity index (χ4n) is 6.13. The highest BCUT2D eigenvalue weighted by Gasteiger charge is 2.67. The zero-order valence-electron chi connectivity index (χ0n) is 13.4. The average molecular weight is 314 g/mol. The number of ether oxygens (including phenoxy) is 1. The lowest BCUT2D eigenvalue weighted by atomic mass is 9.53. The van der Waals surface area contributed by atoms with Crippen LogP contribution < -0.4 is 0 Å². The van der Waals surface area contributed by atoms with Gasteiger partial charge in [-0.3, -0.25) is 9.69 Å². The number of methoxy groups -OCH3 is 1. The van der Waals surface area contributed by atoms with E-state index < -0.39 is 17.4 Å². The predicted octanol–water partition coefficient (Wildman–Crippen LogP) is 1.54. The molecule has 1 saturated carbocycles. The maximum atomic E-state index is 12.4. The molecule has 0 aromatic rings. The van der Waals surface area contributed by atoms with Crippen molar-refractivity contribution in [3.05, 3.63) is 12.2 Å². The van der Waals surface area contributed by atoms with Gasteiger partial charge in [0.05, 0.1) is 19.1 Å². The first-order chi connectivity index (χ1) is 11.2. The molecule has 2 aliphatic heterocycles. The minimum Gasteiger partial charge on any atom is -0.469 e. The Labute approximate surface area is 136 Å². The molecule has 2 saturated heterocycles. The number of aldehydes is 1. The van der Waals surface area contributed by atoms with Crippen LogP contribution in [0.25, 0.3) is 0 Å². The minimum absolute atomic E-state index is 0.00602. The Morgan fingerprint density at radius 2 is 2.26 bits per heavy atom. The molecule has 2 heterocycles. The third-order valence-electron chi connectivity index (χ3n) is 6.89. The number of esters is 1. The van der Waals surface area contributed by atoms with E-state index in [4.69, 9.17) is 4.74 Å². The molecule has 0 aromatic heterocycles. The zero-order valence-corrected chi connectivity index (χ0v) is 13.4. The number of carbonyl (C=O) groups excluding carboxylic acids is 2. The Morgan fingerprint density at radius 3 is 2.96 bits per heavy atom. The van der Waals surface area contributed by atoms with Crippen molar-refractivity contribution in [2.24, 2.45) is 29.1 Å². The van der Waals surface area contributed by atoms with Crippen LogP contribution in [0.15, 0.2) is 12.2 Å². The maximum Gasteiger partial charge on any atom is 0.311 e. The van der Waals surface area contributed by atoms with Crippen molar-refractivity contribution in [3.8, 4) is 6.07 Å². The number of nitrogens with zero attached hydrogens (tertiary/aromatic N) is 2. The van der Waals surface area contributed by atoms with Gasteiger partial charge in [-0.05, 0) is 43.4 Å². The molecule has 23 heavy (non-hydrogen) atoms. The van der Waals surface area contributed by atoms with Gasteiger partial charge in [-0.2, -0.15) is 5.26 Å². The van der Waals surface area contributed by atoms with Crippen molar-refractivity contribution in [1.29, 1.82) is 5.26 Å². The fraction of sp³-hybridized carbons (Fsp3) is 0.722. The van der Waals surface area contributed by atoms with Gasteiger partial charge in [0, 0.05) is 18.0 Å². The number of carbonyl (C=O) groups is 2. The van der Waals surface area contributed by atoms with Gasteiger partial charge in [0.25, 0.3) is 0 Å². The van der Waals surface area contributed by atoms with E-state index in [0.29, 0.717) is 11.8 Å². The molecule has 3 fully saturated rings. The number of allylic oxidation sites excluding steroid dienone is 2. The summed E-state index contributed by atoms with van der Waals surface area (Å²) in [4.78, 5) is 26.8. The Balaban J connectivity index is 1.85. The van der Waals surface area contributed by atoms with Crippen LogP contribution in [0.1, 0.15) is 25.7 Å². The Bertz CT molecular complexity index is 610. The lowest BCUT2D eigenvalue weighted by Gasteiger charge is -2.57. The predicted molar refractivity (Wildman–Crippen MR) is 82.0 cm³/mol. The van der Waals surface area contributed by atoms with Crippen molar-refractivity contribution in [1.82, 2.24) is 4.90 Å². The van der Waals surface area contributed by atoms with Gasteiger partial charge in [-0.15, -0.1) is 0 Å². The summed E-state index contributed by atoms with van der Waals surface area (Å²) in [6, 6.07) is 1.90. The van der Waals surface area contributed by atoms with Gasteiger partial charge in [0.2, 0.25) is 0 Å². The summed E-state index contributed by atoms with van der Waals surface area (Å²) < 4.78 is 5.01. The first kappa shape index (κ1) is 14.9. The highest BCUT2D eigenvalue weighted by Crippen LogP contribution is 2.61. The van der Waals surface area contributed by atoms with Crippen LogP contribution in [-0.2, 0) is 14.3 Å². The van der Waals surface area contributed by atoms with E-state index in [1.54, 1.807) is 0 Å². The van der Waals surface area contributed by atoms with Crippen molar-refractivity contribution in [2.45, 2.75) is 37.8 Å². The standard InChI is InChI=1S/C18H22N2O3/c1-23-17(22)15-12-5-6-13-11-4-2-3-7-18(13,10-21)16(12)20(9-11)14(15)8-19/h2-3,10-16H,4-7,9H2,1H3/t11-,12-,13+,14+,15+,16+,18+/m1/s1. The molecule has 0 aromatic carbocycles. The molecule has 0 spiro atoms. The quantitative estimate of drug-likeness (QED) is 0.439. The smallest absolute Gasteiger partial charge is 0.311 e. The lowest BCUT2D eigenvalue weighted by Crippen LogP contribution is -2.63. The molecule has 2 aliphatic carbocycles. The topological polar surface area (TPSA) is 70.4 Å². The SMILES string of the molecule is COC(=O)[C@H]1[C@H]2CC[C@H]3[C@@H]4CC=CC[C@@]3(C=O)[C@H]2N(C4)[C@H]1C#N. The van der Waals surface area contributed by atoms with E-state index in [2.05, 4.69) is 23.1 Å². The minimum atomic E-state index is -0.462. The molecule has 7 atom stereocenters. The number of hydrogen-bond donors (Lipinski definition) is 0. The normalized spacial score (nSPS) is 47.5. The Morgan fingerprint density at radius 1 is 1.43 bits per heavy atom. The van der Waals surface area contributed by atoms with Crippen molar-refractivity contribution in [2.75, 3.05) is 13.7 Å². The molecule has 5 heteroatoms. The highest BCUT2D eigenvalue weighted by molar-refractivity contribution is 5.76. The summed E-state index contributed by atoms with van der Waals surface area (Å²) in [5, 5.41) is 9.73. The van der Waals surface area contributed by atoms with Crippen LogP contribution in [0.3, 0.4) is 0 Å². The Kier molecular flexibility index (Phi) is 3.35. The van der Waals surface area contributed by atoms with Gasteiger partial charge in [0.15, 0.2) is 0 Å². The molecular weight excluding hydrogens is 292 g/mol. The van der Waals surface area contributed by atoms with Crippen LogP contribution in [0.5, 0.6) is 0 Å². The van der Waals surface area contributed by atoms with Crippen molar-refractivity contribution in [3.63, 3.8) is 0 Å². The van der Waals surface area contributed by atoms with E-state index in [0.717, 1.165) is 38.5 Å². The molecule has 0 radical (unpaired) electrons. The van der Waals surface area contributed by atoms with Crippen molar-refractivity contribution < 1.29 is 14.3 Å². The van der Waals surface area contributed by atoms with E-state index in [1.165, 1.54) is 7.11 Å². The van der Waals surface area contributed by atoms with Crippen LogP contribution in [0.2, 0.25) is 0 Å².